The lowest BCUT2D eigenvalue weighted by Crippen LogP contribution is -2.41. The minimum atomic E-state index is -0.501. The Kier molecular flexibility index (Phi) is 5.66. The number of carbonyl (C=O) groups is 2. The SMILES string of the molecule is CCC(Oc1ccc2c(c1)C(c1ccc(C)cc1)N(C(=O)C1CC1)CC2)C(=O)NC1CC1. The van der Waals surface area contributed by atoms with Gasteiger partial charge in [0.25, 0.3) is 5.91 Å². The fourth-order valence-electron chi connectivity index (χ4n) is 4.59. The Morgan fingerprint density at radius 1 is 1.09 bits per heavy atom. The molecule has 5 rings (SSSR count). The Hall–Kier alpha value is -2.82. The Bertz CT molecular complexity index is 1010. The summed E-state index contributed by atoms with van der Waals surface area (Å²) in [5.74, 6) is 1.11. The minimum absolute atomic E-state index is 0.0339. The van der Waals surface area contributed by atoms with Gasteiger partial charge in [-0.2, -0.15) is 0 Å². The predicted octanol–water partition coefficient (Wildman–Crippen LogP) is 4.32. The molecule has 0 bridgehead atoms. The number of fused-ring (bicyclic) bond motifs is 1. The summed E-state index contributed by atoms with van der Waals surface area (Å²) in [5.41, 5.74) is 4.69. The number of nitrogens with one attached hydrogen (secondary N) is 1. The summed E-state index contributed by atoms with van der Waals surface area (Å²) in [4.78, 5) is 27.8. The minimum Gasteiger partial charge on any atom is -0.481 e. The van der Waals surface area contributed by atoms with E-state index < -0.39 is 6.10 Å². The van der Waals surface area contributed by atoms with Crippen molar-refractivity contribution in [2.24, 2.45) is 5.92 Å². The van der Waals surface area contributed by atoms with Crippen LogP contribution in [0, 0.1) is 12.8 Å². The molecule has 0 radical (unpaired) electrons. The molecule has 1 N–H and O–H groups in total. The van der Waals surface area contributed by atoms with Crippen LogP contribution in [-0.2, 0) is 16.0 Å². The first-order chi connectivity index (χ1) is 15.5. The van der Waals surface area contributed by atoms with Crippen molar-refractivity contribution in [2.75, 3.05) is 6.54 Å². The van der Waals surface area contributed by atoms with E-state index in [4.69, 9.17) is 4.74 Å². The van der Waals surface area contributed by atoms with Crippen molar-refractivity contribution in [3.8, 4) is 5.75 Å². The van der Waals surface area contributed by atoms with Crippen molar-refractivity contribution >= 4 is 11.8 Å². The van der Waals surface area contributed by atoms with E-state index in [1.807, 2.05) is 13.0 Å². The summed E-state index contributed by atoms with van der Waals surface area (Å²) in [7, 11) is 0. The Balaban J connectivity index is 1.46. The zero-order chi connectivity index (χ0) is 22.2. The molecule has 0 aromatic heterocycles. The van der Waals surface area contributed by atoms with Crippen LogP contribution in [0.4, 0.5) is 0 Å². The Morgan fingerprint density at radius 2 is 1.84 bits per heavy atom. The molecule has 1 heterocycles. The lowest BCUT2D eigenvalue weighted by molar-refractivity contribution is -0.134. The highest BCUT2D eigenvalue weighted by Gasteiger charge is 2.39. The van der Waals surface area contributed by atoms with Crippen LogP contribution < -0.4 is 10.1 Å². The molecule has 0 saturated heterocycles. The van der Waals surface area contributed by atoms with Crippen LogP contribution in [-0.4, -0.2) is 35.4 Å². The van der Waals surface area contributed by atoms with E-state index in [1.165, 1.54) is 11.1 Å². The van der Waals surface area contributed by atoms with Gasteiger partial charge >= 0.3 is 0 Å². The van der Waals surface area contributed by atoms with Crippen LogP contribution in [0.3, 0.4) is 0 Å². The molecule has 2 atom stereocenters. The molecule has 1 aliphatic heterocycles. The van der Waals surface area contributed by atoms with Gasteiger partial charge in [-0.25, -0.2) is 0 Å². The van der Waals surface area contributed by atoms with Gasteiger partial charge in [0, 0.05) is 18.5 Å². The number of benzene rings is 2. The highest BCUT2D eigenvalue weighted by Crippen LogP contribution is 2.41. The standard InChI is InChI=1S/C27H32N2O3/c1-3-24(26(30)28-21-11-12-21)32-22-13-10-18-14-15-29(27(31)20-8-9-20)25(23(18)16-22)19-6-4-17(2)5-7-19/h4-7,10,13,16,20-21,24-25H,3,8-9,11-12,14-15H2,1-2H3,(H,28,30). The zero-order valence-electron chi connectivity index (χ0n) is 19.0. The molecule has 32 heavy (non-hydrogen) atoms. The van der Waals surface area contributed by atoms with E-state index in [0.717, 1.165) is 49.8 Å². The van der Waals surface area contributed by atoms with Crippen molar-refractivity contribution in [1.82, 2.24) is 10.2 Å². The molecular formula is C27H32N2O3. The summed E-state index contributed by atoms with van der Waals surface area (Å²) in [6, 6.07) is 14.8. The van der Waals surface area contributed by atoms with Crippen molar-refractivity contribution in [3.63, 3.8) is 0 Å². The zero-order valence-corrected chi connectivity index (χ0v) is 19.0. The molecule has 0 spiro atoms. The van der Waals surface area contributed by atoms with Gasteiger partial charge in [-0.3, -0.25) is 9.59 Å². The second-order valence-electron chi connectivity index (χ2n) is 9.53. The molecule has 2 aliphatic carbocycles. The molecule has 2 unspecified atom stereocenters. The van der Waals surface area contributed by atoms with E-state index in [2.05, 4.69) is 53.5 Å². The number of hydrogen-bond acceptors (Lipinski definition) is 3. The Morgan fingerprint density at radius 3 is 2.50 bits per heavy atom. The van der Waals surface area contributed by atoms with Gasteiger partial charge in [0.15, 0.2) is 6.10 Å². The van der Waals surface area contributed by atoms with E-state index in [9.17, 15) is 9.59 Å². The fourth-order valence-corrected chi connectivity index (χ4v) is 4.59. The smallest absolute Gasteiger partial charge is 0.261 e. The summed E-state index contributed by atoms with van der Waals surface area (Å²) in [6.07, 6.45) is 5.08. The normalized spacial score (nSPS) is 20.9. The Labute approximate surface area is 190 Å². The molecule has 2 saturated carbocycles. The van der Waals surface area contributed by atoms with Crippen molar-refractivity contribution < 1.29 is 14.3 Å². The van der Waals surface area contributed by atoms with Crippen molar-refractivity contribution in [3.05, 3.63) is 64.7 Å². The summed E-state index contributed by atoms with van der Waals surface area (Å²) >= 11 is 0. The molecule has 5 heteroatoms. The van der Waals surface area contributed by atoms with Crippen molar-refractivity contribution in [1.29, 1.82) is 0 Å². The third kappa shape index (κ3) is 4.38. The van der Waals surface area contributed by atoms with Crippen LogP contribution in [0.1, 0.15) is 67.3 Å². The van der Waals surface area contributed by atoms with E-state index in [1.54, 1.807) is 0 Å². The van der Waals surface area contributed by atoms with E-state index >= 15 is 0 Å². The molecule has 2 amide bonds. The lowest BCUT2D eigenvalue weighted by Gasteiger charge is -2.38. The number of nitrogens with zero attached hydrogens (tertiary/aromatic N) is 1. The molecule has 2 fully saturated rings. The van der Waals surface area contributed by atoms with Crippen LogP contribution in [0.25, 0.3) is 0 Å². The predicted molar refractivity (Wildman–Crippen MR) is 123 cm³/mol. The second-order valence-corrected chi connectivity index (χ2v) is 9.53. The average molecular weight is 433 g/mol. The third-order valence-corrected chi connectivity index (χ3v) is 6.81. The quantitative estimate of drug-likeness (QED) is 0.709. The van der Waals surface area contributed by atoms with Gasteiger partial charge in [0.2, 0.25) is 5.91 Å². The maximum absolute atomic E-state index is 13.2. The fraction of sp³-hybridized carbons (Fsp3) is 0.481. The van der Waals surface area contributed by atoms with E-state index in [-0.39, 0.29) is 23.8 Å². The topological polar surface area (TPSA) is 58.6 Å². The summed E-state index contributed by atoms with van der Waals surface area (Å²) in [5, 5.41) is 3.05. The summed E-state index contributed by atoms with van der Waals surface area (Å²) < 4.78 is 6.16. The van der Waals surface area contributed by atoms with Gasteiger partial charge in [-0.05, 0) is 74.3 Å². The number of carbonyl (C=O) groups excluding carboxylic acids is 2. The molecule has 2 aromatic carbocycles. The van der Waals surface area contributed by atoms with Crippen LogP contribution >= 0.6 is 0 Å². The van der Waals surface area contributed by atoms with E-state index in [0.29, 0.717) is 18.2 Å². The van der Waals surface area contributed by atoms with Crippen molar-refractivity contribution in [2.45, 2.75) is 70.6 Å². The number of ether oxygens (including phenoxy) is 1. The maximum Gasteiger partial charge on any atom is 0.261 e. The average Bonchev–Trinajstić information content (AvgIpc) is 3.71. The van der Waals surface area contributed by atoms with Gasteiger partial charge in [0.1, 0.15) is 5.75 Å². The molecule has 5 nitrogen and oxygen atoms in total. The maximum atomic E-state index is 13.2. The van der Waals surface area contributed by atoms with Crippen LogP contribution in [0.15, 0.2) is 42.5 Å². The molecule has 3 aliphatic rings. The third-order valence-electron chi connectivity index (χ3n) is 6.81. The van der Waals surface area contributed by atoms with Gasteiger partial charge in [0.05, 0.1) is 6.04 Å². The van der Waals surface area contributed by atoms with Gasteiger partial charge in [-0.15, -0.1) is 0 Å². The van der Waals surface area contributed by atoms with Crippen LogP contribution in [0.5, 0.6) is 5.75 Å². The lowest BCUT2D eigenvalue weighted by atomic mass is 9.87. The number of aryl methyl sites for hydroxylation is 1. The molecule has 168 valence electrons. The number of rotatable bonds is 7. The molecule has 2 aromatic rings. The van der Waals surface area contributed by atoms with Gasteiger partial charge in [-0.1, -0.05) is 42.8 Å². The second kappa shape index (κ2) is 8.61. The van der Waals surface area contributed by atoms with Crippen LogP contribution in [0.2, 0.25) is 0 Å². The monoisotopic (exact) mass is 432 g/mol. The number of hydrogen-bond donors (Lipinski definition) is 1. The highest BCUT2D eigenvalue weighted by atomic mass is 16.5. The first-order valence-electron chi connectivity index (χ1n) is 12.0. The molecular weight excluding hydrogens is 400 g/mol. The largest absolute Gasteiger partial charge is 0.481 e. The first kappa shape index (κ1) is 21.0. The first-order valence-corrected chi connectivity index (χ1v) is 12.0. The summed E-state index contributed by atoms with van der Waals surface area (Å²) in [6.45, 7) is 4.79. The van der Waals surface area contributed by atoms with Gasteiger partial charge < -0.3 is 15.0 Å². The number of amides is 2. The highest BCUT2D eigenvalue weighted by molar-refractivity contribution is 5.83.